The first-order valence-electron chi connectivity index (χ1n) is 6.57. The van der Waals surface area contributed by atoms with Gasteiger partial charge < -0.3 is 10.5 Å². The third kappa shape index (κ3) is 3.54. The van der Waals surface area contributed by atoms with Gasteiger partial charge in [-0.25, -0.2) is 0 Å². The van der Waals surface area contributed by atoms with E-state index in [0.717, 1.165) is 17.7 Å². The maximum atomic E-state index is 12.6. The van der Waals surface area contributed by atoms with Crippen LogP contribution in [0.3, 0.4) is 0 Å². The van der Waals surface area contributed by atoms with E-state index in [-0.39, 0.29) is 12.5 Å². The first-order valence-corrected chi connectivity index (χ1v) is 6.95. The van der Waals surface area contributed by atoms with Gasteiger partial charge in [0.15, 0.2) is 0 Å². The molecule has 0 spiro atoms. The summed E-state index contributed by atoms with van der Waals surface area (Å²) in [6, 6.07) is 10.1. The van der Waals surface area contributed by atoms with Crippen LogP contribution in [0.25, 0.3) is 0 Å². The van der Waals surface area contributed by atoms with E-state index in [1.165, 1.54) is 19.2 Å². The molecular formula is C16H15ClF3NO. The van der Waals surface area contributed by atoms with Crippen molar-refractivity contribution < 1.29 is 17.9 Å². The van der Waals surface area contributed by atoms with Crippen LogP contribution >= 0.6 is 11.6 Å². The Balaban J connectivity index is 2.40. The summed E-state index contributed by atoms with van der Waals surface area (Å²) in [5, 5.41) is 0.496. The number of hydrogen-bond acceptors (Lipinski definition) is 2. The van der Waals surface area contributed by atoms with E-state index in [4.69, 9.17) is 22.1 Å². The molecule has 0 radical (unpaired) electrons. The van der Waals surface area contributed by atoms with Crippen LogP contribution in [0, 0.1) is 0 Å². The minimum absolute atomic E-state index is 0.220. The van der Waals surface area contributed by atoms with E-state index in [1.807, 2.05) is 0 Å². The van der Waals surface area contributed by atoms with Crippen LogP contribution in [-0.2, 0) is 6.18 Å². The number of hydrogen-bond donors (Lipinski definition) is 1. The van der Waals surface area contributed by atoms with Crippen molar-refractivity contribution in [2.75, 3.05) is 13.7 Å². The zero-order chi connectivity index (χ0) is 16.3. The third-order valence-electron chi connectivity index (χ3n) is 3.45. The molecule has 0 heterocycles. The highest BCUT2D eigenvalue weighted by molar-refractivity contribution is 6.31. The molecule has 2 nitrogen and oxygen atoms in total. The van der Waals surface area contributed by atoms with Crippen LogP contribution in [0.5, 0.6) is 5.75 Å². The lowest BCUT2D eigenvalue weighted by molar-refractivity contribution is -0.137. The minimum atomic E-state index is -4.36. The Hall–Kier alpha value is -1.72. The van der Waals surface area contributed by atoms with Crippen LogP contribution in [0.4, 0.5) is 13.2 Å². The molecule has 0 amide bonds. The quantitative estimate of drug-likeness (QED) is 0.899. The molecule has 22 heavy (non-hydrogen) atoms. The van der Waals surface area contributed by atoms with Gasteiger partial charge in [0.1, 0.15) is 5.75 Å². The van der Waals surface area contributed by atoms with E-state index in [9.17, 15) is 13.2 Å². The predicted octanol–water partition coefficient (Wildman–Crippen LogP) is 4.46. The summed E-state index contributed by atoms with van der Waals surface area (Å²) in [6.45, 7) is 0.220. The molecule has 0 fully saturated rings. The fraction of sp³-hybridized carbons (Fsp3) is 0.250. The van der Waals surface area contributed by atoms with Gasteiger partial charge in [0, 0.05) is 17.5 Å². The van der Waals surface area contributed by atoms with Crippen LogP contribution in [0.1, 0.15) is 22.6 Å². The molecule has 0 bridgehead atoms. The Labute approximate surface area is 131 Å². The van der Waals surface area contributed by atoms with Crippen molar-refractivity contribution >= 4 is 11.6 Å². The highest BCUT2D eigenvalue weighted by atomic mass is 35.5. The summed E-state index contributed by atoms with van der Waals surface area (Å²) in [7, 11) is 1.53. The number of rotatable bonds is 4. The summed E-state index contributed by atoms with van der Waals surface area (Å²) in [5.74, 6) is 0.314. The van der Waals surface area contributed by atoms with Crippen LogP contribution < -0.4 is 10.5 Å². The van der Waals surface area contributed by atoms with Crippen molar-refractivity contribution in [2.45, 2.75) is 12.1 Å². The largest absolute Gasteiger partial charge is 0.497 e. The number of alkyl halides is 3. The second-order valence-corrected chi connectivity index (χ2v) is 5.20. The van der Waals surface area contributed by atoms with Gasteiger partial charge in [-0.05, 0) is 41.5 Å². The van der Waals surface area contributed by atoms with Crippen LogP contribution in [0.15, 0.2) is 42.5 Å². The predicted molar refractivity (Wildman–Crippen MR) is 80.3 cm³/mol. The van der Waals surface area contributed by atoms with Crippen molar-refractivity contribution in [3.8, 4) is 5.75 Å². The lowest BCUT2D eigenvalue weighted by atomic mass is 9.90. The number of halogens is 4. The van der Waals surface area contributed by atoms with Crippen molar-refractivity contribution in [3.05, 3.63) is 64.2 Å². The Morgan fingerprint density at radius 3 is 2.27 bits per heavy atom. The van der Waals surface area contributed by atoms with Gasteiger partial charge >= 0.3 is 6.18 Å². The number of ether oxygens (including phenoxy) is 1. The Bertz CT molecular complexity index is 641. The van der Waals surface area contributed by atoms with Crippen molar-refractivity contribution in [1.82, 2.24) is 0 Å². The van der Waals surface area contributed by atoms with Crippen molar-refractivity contribution in [1.29, 1.82) is 0 Å². The second kappa shape index (κ2) is 6.58. The monoisotopic (exact) mass is 329 g/mol. The molecule has 6 heteroatoms. The Morgan fingerprint density at radius 2 is 1.77 bits per heavy atom. The molecule has 1 atom stereocenters. The fourth-order valence-corrected chi connectivity index (χ4v) is 2.51. The SMILES string of the molecule is COc1ccc(Cl)c(C(CN)c2ccc(C(F)(F)F)cc2)c1. The third-order valence-corrected chi connectivity index (χ3v) is 3.80. The summed E-state index contributed by atoms with van der Waals surface area (Å²) in [5.41, 5.74) is 6.51. The molecule has 0 aliphatic carbocycles. The number of methoxy groups -OCH3 is 1. The van der Waals surface area contributed by atoms with E-state index in [1.54, 1.807) is 18.2 Å². The summed E-state index contributed by atoms with van der Waals surface area (Å²) in [6.07, 6.45) is -4.36. The average molecular weight is 330 g/mol. The highest BCUT2D eigenvalue weighted by Crippen LogP contribution is 2.34. The van der Waals surface area contributed by atoms with E-state index in [2.05, 4.69) is 0 Å². The molecule has 0 saturated heterocycles. The lowest BCUT2D eigenvalue weighted by Crippen LogP contribution is -2.15. The molecule has 118 valence electrons. The first kappa shape index (κ1) is 16.6. The second-order valence-electron chi connectivity index (χ2n) is 4.80. The molecule has 2 aromatic carbocycles. The fourth-order valence-electron chi connectivity index (χ4n) is 2.26. The lowest BCUT2D eigenvalue weighted by Gasteiger charge is -2.19. The maximum Gasteiger partial charge on any atom is 0.416 e. The molecule has 0 aromatic heterocycles. The van der Waals surface area contributed by atoms with Gasteiger partial charge in [-0.3, -0.25) is 0 Å². The highest BCUT2D eigenvalue weighted by Gasteiger charge is 2.30. The van der Waals surface area contributed by atoms with E-state index in [0.29, 0.717) is 16.3 Å². The molecule has 2 rings (SSSR count). The molecule has 0 saturated carbocycles. The van der Waals surface area contributed by atoms with Crippen LogP contribution in [-0.4, -0.2) is 13.7 Å². The van der Waals surface area contributed by atoms with E-state index < -0.39 is 11.7 Å². The molecule has 0 aliphatic rings. The molecule has 1 unspecified atom stereocenters. The van der Waals surface area contributed by atoms with Gasteiger partial charge in [-0.15, -0.1) is 0 Å². The van der Waals surface area contributed by atoms with Crippen molar-refractivity contribution in [2.24, 2.45) is 5.73 Å². The van der Waals surface area contributed by atoms with Gasteiger partial charge in [-0.1, -0.05) is 23.7 Å². The Kier molecular flexibility index (Phi) is 4.98. The molecule has 0 aliphatic heterocycles. The normalized spacial score (nSPS) is 13.0. The van der Waals surface area contributed by atoms with Crippen molar-refractivity contribution in [3.63, 3.8) is 0 Å². The van der Waals surface area contributed by atoms with E-state index >= 15 is 0 Å². The zero-order valence-corrected chi connectivity index (χ0v) is 12.6. The number of nitrogens with two attached hydrogens (primary N) is 1. The smallest absolute Gasteiger partial charge is 0.416 e. The topological polar surface area (TPSA) is 35.2 Å². The van der Waals surface area contributed by atoms with Gasteiger partial charge in [0.2, 0.25) is 0 Å². The number of benzene rings is 2. The van der Waals surface area contributed by atoms with Gasteiger partial charge in [0.25, 0.3) is 0 Å². The maximum absolute atomic E-state index is 12.6. The summed E-state index contributed by atoms with van der Waals surface area (Å²) in [4.78, 5) is 0. The standard InChI is InChI=1S/C16H15ClF3NO/c1-22-12-6-7-15(17)13(8-12)14(9-21)10-2-4-11(5-3-10)16(18,19)20/h2-8,14H,9,21H2,1H3. The Morgan fingerprint density at radius 1 is 1.14 bits per heavy atom. The molecular weight excluding hydrogens is 315 g/mol. The average Bonchev–Trinajstić information content (AvgIpc) is 2.49. The summed E-state index contributed by atoms with van der Waals surface area (Å²) >= 11 is 6.19. The zero-order valence-electron chi connectivity index (χ0n) is 11.8. The van der Waals surface area contributed by atoms with Gasteiger partial charge in [0.05, 0.1) is 12.7 Å². The molecule has 2 aromatic rings. The minimum Gasteiger partial charge on any atom is -0.497 e. The molecule has 2 N–H and O–H groups in total. The van der Waals surface area contributed by atoms with Gasteiger partial charge in [-0.2, -0.15) is 13.2 Å². The van der Waals surface area contributed by atoms with Crippen LogP contribution in [0.2, 0.25) is 5.02 Å². The summed E-state index contributed by atoms with van der Waals surface area (Å²) < 4.78 is 43.0. The first-order chi connectivity index (χ1) is 10.4.